The Morgan fingerprint density at radius 1 is 0.547 bits per heavy atom. The maximum absolute atomic E-state index is 15.0. The van der Waals surface area contributed by atoms with Gasteiger partial charge in [-0.15, -0.1) is 45.3 Å². The first-order valence-corrected chi connectivity index (χ1v) is 39.1. The number of aliphatic carboxylic acids is 1. The summed E-state index contributed by atoms with van der Waals surface area (Å²) >= 11 is 6.05. The lowest BCUT2D eigenvalue weighted by Crippen LogP contribution is -2.61. The predicted octanol–water partition coefficient (Wildman–Crippen LogP) is 12.0. The predicted molar refractivity (Wildman–Crippen MR) is 402 cm³/mol. The number of ether oxygens (including phenoxy) is 8. The maximum atomic E-state index is 15.0. The number of benzene rings is 2. The standard InChI is InChI=1S/C77H100N4O21S4/c1-11-13-15-16-60(87)74(7,44-76(9,67(90)80-52(66(88)89)34-47-17-20-53(83)55(85)35-47)78-25-23-50-19-22-59(106-50)65-63-58(41-105-65)96-29-31-98-63)42-72(3,4)69(92)100-32-33-101-70(93)73(5,6)43-75(8,71(94)99-27-14-12-2)45-77(10,68(91)81-61(102-46-82)37-48-18-21-54(84)56(86)36-48)79-26-24-51-38-49(39-103-51)64-62-57(40-104-64)95-28-30-97-62/h17-22,35-36,38-41,46,52,61,78-79,83-86H,11-16,23-34,37,42-45H2,1-10H3,(H,80,90)(H,81,91)(H,88,89). The van der Waals surface area contributed by atoms with Crippen LogP contribution in [0, 0.1) is 21.7 Å². The van der Waals surface area contributed by atoms with Crippen LogP contribution in [0.2, 0.25) is 0 Å². The van der Waals surface area contributed by atoms with E-state index in [1.54, 1.807) is 55.4 Å². The summed E-state index contributed by atoms with van der Waals surface area (Å²) in [6.07, 6.45) is 1.60. The fourth-order valence-electron chi connectivity index (χ4n) is 13.7. The SMILES string of the molecule is CCCCCC(=O)C(C)(CC(C)(C)C(=O)OCCOC(=O)C(C)(C)CC(C)(CC(C)(NCCc1cc(-c2scc3c2OCCO3)cs1)C(=O)NC(Cc1ccc(O)c(O)c1)OC=O)C(=O)OCCCC)CC(C)(NCCc1ccc(-c2scc3c2OCCO3)s1)C(=O)NC(Cc1ccc(O)c(O)c1)C(=O)O. The van der Waals surface area contributed by atoms with E-state index in [-0.39, 0.29) is 82.6 Å². The van der Waals surface area contributed by atoms with Crippen LogP contribution in [-0.4, -0.2) is 156 Å². The minimum atomic E-state index is -1.67. The topological polar surface area (TPSA) is 360 Å². The minimum Gasteiger partial charge on any atom is -0.504 e. The Hall–Kier alpha value is -8.48. The van der Waals surface area contributed by atoms with Crippen LogP contribution in [0.3, 0.4) is 0 Å². The van der Waals surface area contributed by atoms with E-state index in [2.05, 4.69) is 21.3 Å². The Morgan fingerprint density at radius 3 is 1.63 bits per heavy atom. The van der Waals surface area contributed by atoms with Gasteiger partial charge >= 0.3 is 23.9 Å². The monoisotopic (exact) mass is 1540 g/mol. The average Bonchev–Trinajstić information content (AvgIpc) is 1.16. The molecule has 6 unspecified atom stereocenters. The molecule has 29 heteroatoms. The van der Waals surface area contributed by atoms with E-state index in [0.29, 0.717) is 92.7 Å². The van der Waals surface area contributed by atoms with E-state index < -0.39 is 111 Å². The highest BCUT2D eigenvalue weighted by Crippen LogP contribution is 2.50. The fraction of sp³-hybridized carbons (Fsp3) is 0.532. The largest absolute Gasteiger partial charge is 0.504 e. The zero-order valence-electron chi connectivity index (χ0n) is 61.8. The van der Waals surface area contributed by atoms with Gasteiger partial charge < -0.3 is 84.7 Å². The van der Waals surface area contributed by atoms with Crippen LogP contribution in [0.4, 0.5) is 0 Å². The first-order valence-electron chi connectivity index (χ1n) is 35.7. The summed E-state index contributed by atoms with van der Waals surface area (Å²) in [6, 6.07) is 12.3. The van der Waals surface area contributed by atoms with Crippen LogP contribution < -0.4 is 40.2 Å². The number of phenols is 4. The van der Waals surface area contributed by atoms with Gasteiger partial charge in [-0.2, -0.15) is 0 Å². The molecule has 6 heterocycles. The number of thiophene rings is 4. The van der Waals surface area contributed by atoms with Crippen LogP contribution in [0.25, 0.3) is 20.2 Å². The van der Waals surface area contributed by atoms with Crippen molar-refractivity contribution in [1.29, 1.82) is 0 Å². The quantitative estimate of drug-likeness (QED) is 0.00429. The third-order valence-electron chi connectivity index (χ3n) is 18.9. The van der Waals surface area contributed by atoms with Gasteiger partial charge in [0.25, 0.3) is 6.47 Å². The normalized spacial score (nSPS) is 15.6. The number of ketones is 1. The van der Waals surface area contributed by atoms with Gasteiger partial charge in [0, 0.05) is 68.7 Å². The molecule has 6 aromatic rings. The number of Topliss-reactive ketones (excluding diaryl/α,β-unsaturated/α-hetero) is 1. The Kier molecular flexibility index (Phi) is 28.9. The third kappa shape index (κ3) is 21.9. The molecule has 25 nitrogen and oxygen atoms in total. The van der Waals surface area contributed by atoms with Crippen LogP contribution in [0.15, 0.2) is 70.7 Å². The van der Waals surface area contributed by atoms with Gasteiger partial charge in [-0.25, -0.2) is 4.79 Å². The molecule has 8 rings (SSSR count). The highest BCUT2D eigenvalue weighted by atomic mass is 32.1. The third-order valence-corrected chi connectivity index (χ3v) is 23.2. The number of carbonyl (C=O) groups is 8. The number of hydrogen-bond acceptors (Lipinski definition) is 26. The zero-order chi connectivity index (χ0) is 77.2. The van der Waals surface area contributed by atoms with Crippen LogP contribution in [0.5, 0.6) is 46.0 Å². The molecule has 0 saturated heterocycles. The lowest BCUT2D eigenvalue weighted by molar-refractivity contribution is -0.169. The Morgan fingerprint density at radius 2 is 1.07 bits per heavy atom. The number of carboxylic acid groups (broad SMARTS) is 1. The summed E-state index contributed by atoms with van der Waals surface area (Å²) in [6.45, 7) is 18.2. The molecule has 2 aromatic carbocycles. The molecule has 106 heavy (non-hydrogen) atoms. The Bertz CT molecular complexity index is 4050. The van der Waals surface area contributed by atoms with Gasteiger partial charge in [0.15, 0.2) is 52.2 Å². The molecule has 0 saturated carbocycles. The van der Waals surface area contributed by atoms with Gasteiger partial charge in [-0.05, 0) is 159 Å². The number of carboxylic acids is 1. The first kappa shape index (κ1) is 83.2. The number of carbonyl (C=O) groups excluding carboxylic acids is 7. The lowest BCUT2D eigenvalue weighted by Gasteiger charge is -2.42. The molecule has 0 radical (unpaired) electrons. The number of hydrogen-bond donors (Lipinski definition) is 9. The summed E-state index contributed by atoms with van der Waals surface area (Å²) in [5.41, 5.74) is -7.70. The summed E-state index contributed by atoms with van der Waals surface area (Å²) in [5, 5.41) is 69.3. The second kappa shape index (κ2) is 36.9. The fourth-order valence-corrected chi connectivity index (χ4v) is 17.6. The zero-order valence-corrected chi connectivity index (χ0v) is 65.1. The molecule has 578 valence electrons. The highest BCUT2D eigenvalue weighted by Gasteiger charge is 2.52. The molecule has 2 aliphatic rings. The van der Waals surface area contributed by atoms with Crippen LogP contribution >= 0.6 is 45.3 Å². The number of fused-ring (bicyclic) bond motifs is 2. The van der Waals surface area contributed by atoms with Crippen molar-refractivity contribution < 1.29 is 102 Å². The first-order chi connectivity index (χ1) is 50.2. The summed E-state index contributed by atoms with van der Waals surface area (Å²) in [5.74, 6) is -4.29. The van der Waals surface area contributed by atoms with Crippen molar-refractivity contribution in [2.45, 2.75) is 182 Å². The highest BCUT2D eigenvalue weighted by molar-refractivity contribution is 7.21. The molecule has 0 bridgehead atoms. The average molecular weight is 1550 g/mol. The molecular weight excluding hydrogens is 1450 g/mol. The molecule has 4 aromatic heterocycles. The van der Waals surface area contributed by atoms with Crippen molar-refractivity contribution in [2.24, 2.45) is 21.7 Å². The number of phenolic OH excluding ortho intramolecular Hbond substituents is 4. The van der Waals surface area contributed by atoms with E-state index in [1.165, 1.54) is 81.7 Å². The Labute approximate surface area is 634 Å². The van der Waals surface area contributed by atoms with Crippen LogP contribution in [0.1, 0.15) is 154 Å². The smallest absolute Gasteiger partial charge is 0.326 e. The van der Waals surface area contributed by atoms with Gasteiger partial charge in [0.1, 0.15) is 51.5 Å². The maximum Gasteiger partial charge on any atom is 0.326 e. The van der Waals surface area contributed by atoms with Crippen molar-refractivity contribution in [1.82, 2.24) is 21.3 Å². The number of rotatable bonds is 43. The second-order valence-corrected chi connectivity index (χ2v) is 33.3. The van der Waals surface area contributed by atoms with E-state index in [9.17, 15) is 54.3 Å². The van der Waals surface area contributed by atoms with E-state index >= 15 is 9.59 Å². The van der Waals surface area contributed by atoms with Crippen LogP contribution in [-0.2, 0) is 83.0 Å². The summed E-state index contributed by atoms with van der Waals surface area (Å²) < 4.78 is 46.5. The van der Waals surface area contributed by atoms with E-state index in [0.717, 1.165) is 42.8 Å². The van der Waals surface area contributed by atoms with Crippen molar-refractivity contribution in [3.8, 4) is 66.2 Å². The number of unbranched alkanes of at least 4 members (excludes halogenated alkanes) is 3. The Balaban J connectivity index is 0.982. The van der Waals surface area contributed by atoms with Gasteiger partial charge in [-0.1, -0.05) is 52.2 Å². The van der Waals surface area contributed by atoms with Crippen molar-refractivity contribution in [3.05, 3.63) is 91.6 Å². The number of esters is 3. The molecule has 0 fully saturated rings. The number of nitrogens with one attached hydrogen (secondary N) is 4. The molecule has 9 N–H and O–H groups in total. The van der Waals surface area contributed by atoms with E-state index in [4.69, 9.17) is 37.9 Å². The molecule has 2 amide bonds. The number of amides is 2. The van der Waals surface area contributed by atoms with Gasteiger partial charge in [-0.3, -0.25) is 33.6 Å². The van der Waals surface area contributed by atoms with Gasteiger partial charge in [0.05, 0.1) is 43.7 Å². The molecular formula is C77H100N4O21S4. The van der Waals surface area contributed by atoms with Crippen molar-refractivity contribution in [2.75, 3.05) is 59.3 Å². The summed E-state index contributed by atoms with van der Waals surface area (Å²) in [7, 11) is 0. The van der Waals surface area contributed by atoms with Gasteiger partial charge in [0.2, 0.25) is 11.8 Å². The molecule has 2 aliphatic heterocycles. The molecule has 6 atom stereocenters. The minimum absolute atomic E-state index is 0.0396. The molecule has 0 spiro atoms. The summed E-state index contributed by atoms with van der Waals surface area (Å²) in [4.78, 5) is 118. The molecule has 0 aliphatic carbocycles. The number of aromatic hydroxyl groups is 4. The second-order valence-electron chi connectivity index (χ2n) is 29.3. The van der Waals surface area contributed by atoms with E-state index in [1.807, 2.05) is 48.2 Å². The lowest BCUT2D eigenvalue weighted by atomic mass is 9.65. The van der Waals surface area contributed by atoms with Crippen molar-refractivity contribution >= 4 is 93.3 Å². The van der Waals surface area contributed by atoms with Crippen molar-refractivity contribution in [3.63, 3.8) is 0 Å².